The third-order valence-electron chi connectivity index (χ3n) is 25.3. The lowest BCUT2D eigenvalue weighted by Crippen LogP contribution is -2.51. The van der Waals surface area contributed by atoms with Crippen LogP contribution >= 0.6 is 15.9 Å². The van der Waals surface area contributed by atoms with E-state index in [9.17, 15) is 45.9 Å². The van der Waals surface area contributed by atoms with Crippen LogP contribution in [0, 0.1) is 18.4 Å². The molecule has 0 radical (unpaired) electrons. The van der Waals surface area contributed by atoms with Crippen molar-refractivity contribution in [2.75, 3.05) is 97.7 Å². The number of carbonyl (C=O) groups is 5. The van der Waals surface area contributed by atoms with E-state index in [-0.39, 0.29) is 54.7 Å². The smallest absolute Gasteiger partial charge is 0.350 e. The number of nitrogens with one attached hydrogen (secondary N) is 10. The lowest BCUT2D eigenvalue weighted by atomic mass is 9.84. The zero-order chi connectivity index (χ0) is 81.8. The van der Waals surface area contributed by atoms with Gasteiger partial charge in [0.2, 0.25) is 0 Å². The van der Waals surface area contributed by atoms with Crippen LogP contribution in [-0.4, -0.2) is 204 Å². The van der Waals surface area contributed by atoms with E-state index in [4.69, 9.17) is 6.57 Å². The fourth-order valence-corrected chi connectivity index (χ4v) is 19.6. The maximum absolute atomic E-state index is 12.9. The van der Waals surface area contributed by atoms with E-state index in [1.165, 1.54) is 83.5 Å². The Bertz CT molecular complexity index is 5150. The first-order valence-electron chi connectivity index (χ1n) is 41.6. The van der Waals surface area contributed by atoms with Crippen molar-refractivity contribution < 1.29 is 45.9 Å². The number of rotatable bonds is 13. The number of pyridine rings is 5. The van der Waals surface area contributed by atoms with E-state index in [0.29, 0.717) is 98.8 Å². The Morgan fingerprint density at radius 2 is 0.720 bits per heavy atom. The van der Waals surface area contributed by atoms with Crippen LogP contribution < -0.4 is 51.1 Å². The number of nitrogens with zero attached hydrogens (tertiary/aromatic N) is 13. The number of hydrogen-bond acceptors (Lipinski definition) is 17. The molecule has 0 spiro atoms. The van der Waals surface area contributed by atoms with Gasteiger partial charge in [-0.1, -0.05) is 57.8 Å². The van der Waals surface area contributed by atoms with Gasteiger partial charge in [0.1, 0.15) is 34.9 Å². The SMILES string of the molecule is CN1CN(C2CCCCC2)c2c(cnc3[nH]ccc23)C1=O.O=C1NCN(C2CCC(CNCC(F)(F)Br)CC2)c2c1cnc1[nH]ccc21.O=C1NCN(C2CCC(CNCC(F)(F)F)CC2)c2c1cnc1[nH]ccc21.O=C1NCN(C2CCCCC2)c2c1cnc1[nH]ccc21.[C-]#[N+]CN1CN(C2CCCCC2)c2c(cnc3[nH]ccc23)C1=O. The van der Waals surface area contributed by atoms with Crippen molar-refractivity contribution in [3.8, 4) is 0 Å². The van der Waals surface area contributed by atoms with E-state index in [0.717, 1.165) is 153 Å². The summed E-state index contributed by atoms with van der Waals surface area (Å²) in [6.07, 6.45) is 39.6. The summed E-state index contributed by atoms with van der Waals surface area (Å²) in [6, 6.07) is 12.0. The fraction of sp³-hybridized carbons (Fsp3) is 0.512. The largest absolute Gasteiger partial charge is 0.401 e. The quantitative estimate of drug-likeness (QED) is 0.0291. The predicted octanol–water partition coefficient (Wildman–Crippen LogP) is 14.1. The number of alkyl halides is 6. The van der Waals surface area contributed by atoms with Gasteiger partial charge >= 0.3 is 11.0 Å². The van der Waals surface area contributed by atoms with Crippen LogP contribution in [0.15, 0.2) is 92.3 Å². The van der Waals surface area contributed by atoms with Crippen LogP contribution in [0.1, 0.15) is 199 Å². The Balaban J connectivity index is 0.000000111. The van der Waals surface area contributed by atoms with Gasteiger partial charge in [0, 0.05) is 126 Å². The lowest BCUT2D eigenvalue weighted by molar-refractivity contribution is -0.125. The molecule has 5 aliphatic heterocycles. The van der Waals surface area contributed by atoms with Crippen LogP contribution in [0.5, 0.6) is 0 Å². The van der Waals surface area contributed by atoms with Crippen molar-refractivity contribution in [1.29, 1.82) is 0 Å². The molecule has 15 heterocycles. The molecule has 5 saturated carbocycles. The van der Waals surface area contributed by atoms with Gasteiger partial charge in [0.25, 0.3) is 36.2 Å². The third-order valence-corrected chi connectivity index (χ3v) is 25.6. The van der Waals surface area contributed by atoms with E-state index in [1.807, 2.05) is 68.4 Å². The van der Waals surface area contributed by atoms with Crippen LogP contribution in [0.4, 0.5) is 50.4 Å². The molecule has 5 aliphatic carbocycles. The van der Waals surface area contributed by atoms with Crippen molar-refractivity contribution >= 4 is 129 Å². The van der Waals surface area contributed by atoms with Gasteiger partial charge in [-0.2, -0.15) is 22.0 Å². The first-order chi connectivity index (χ1) is 57.2. The summed E-state index contributed by atoms with van der Waals surface area (Å²) in [5, 5.41) is 19.2. The number of fused-ring (bicyclic) bond motifs is 15. The number of hydrogen-bond donors (Lipinski definition) is 10. The molecule has 10 N–H and O–H groups in total. The topological polar surface area (TPSA) is 316 Å². The van der Waals surface area contributed by atoms with Gasteiger partial charge in [-0.05, 0) is 161 Å². The summed E-state index contributed by atoms with van der Waals surface area (Å²) in [5.74, 6) is 0.424. The van der Waals surface area contributed by atoms with Crippen LogP contribution in [0.25, 0.3) is 60.0 Å². The van der Waals surface area contributed by atoms with Crippen LogP contribution in [0.3, 0.4) is 0 Å². The molecule has 0 atom stereocenters. The molecule has 34 heteroatoms. The highest BCUT2D eigenvalue weighted by Crippen LogP contribution is 2.44. The molecule has 10 aromatic heterocycles. The second-order valence-electron chi connectivity index (χ2n) is 32.8. The highest BCUT2D eigenvalue weighted by atomic mass is 79.9. The van der Waals surface area contributed by atoms with Gasteiger partial charge in [0.15, 0.2) is 0 Å². The summed E-state index contributed by atoms with van der Waals surface area (Å²) < 4.78 is 62.6. The third kappa shape index (κ3) is 17.5. The normalized spacial score (nSPS) is 21.4. The zero-order valence-corrected chi connectivity index (χ0v) is 67.7. The highest BCUT2D eigenvalue weighted by Gasteiger charge is 2.41. The number of carbonyl (C=O) groups excluding carboxylic acids is 5. The van der Waals surface area contributed by atoms with E-state index >= 15 is 0 Å². The maximum atomic E-state index is 12.9. The Kier molecular flexibility index (Phi) is 24.4. The Hall–Kier alpha value is -10.7. The van der Waals surface area contributed by atoms with Gasteiger partial charge in [-0.15, -0.1) is 0 Å². The monoisotopic (exact) mass is 1690 g/mol. The Morgan fingerprint density at radius 3 is 1.06 bits per heavy atom. The van der Waals surface area contributed by atoms with Crippen molar-refractivity contribution in [3.05, 3.63) is 132 Å². The van der Waals surface area contributed by atoms with Crippen molar-refractivity contribution in [2.45, 2.75) is 189 Å². The van der Waals surface area contributed by atoms with E-state index < -0.39 is 17.6 Å². The molecule has 5 amide bonds. The standard InChI is InChI=1S/C18H22BrF2N5O.C18H22F3N5O.C17H19N5O.C16H20N4O.C15H18N4O/c2*19-18(20,21)9-22-7-11-1-3-12(4-2-11)26-10-25-17(27)14-8-24-16-13(15(14)26)5-6-23-16;1-18-10-21-11-22(12-5-3-2-4-6-12)15-13-7-8-19-16(13)20-9-14(15)17(21)23;1-19-10-20(11-5-3-2-4-6-11)14-12-7-8-17-15(12)18-9-13(14)16(19)21;20-15-12-8-17-14-11(6-7-16-14)13(12)19(9-18-15)10-4-2-1-3-5-10/h2*5-6,8,11-12,22H,1-4,7,9-10H2,(H,23,24)(H,25,27);7-9,12H,2-6,10-11H2,(H,19,20);7-9,11H,2-6,10H2,1H3,(H,17,18);6-8,10H,1-5,9H2,(H,16,17)(H,18,20). The zero-order valence-electron chi connectivity index (χ0n) is 66.2. The van der Waals surface area contributed by atoms with Crippen molar-refractivity contribution in [3.63, 3.8) is 0 Å². The summed E-state index contributed by atoms with van der Waals surface area (Å²) in [6.45, 7) is 9.66. The molecule has 118 heavy (non-hydrogen) atoms. The molecule has 0 saturated heterocycles. The molecular weight excluding hydrogens is 1590 g/mol. The van der Waals surface area contributed by atoms with Crippen molar-refractivity contribution in [2.24, 2.45) is 11.8 Å². The number of H-pyrrole nitrogens is 5. The Morgan fingerprint density at radius 1 is 0.415 bits per heavy atom. The first kappa shape index (κ1) is 81.1. The molecule has 20 rings (SSSR count). The molecule has 0 unspecified atom stereocenters. The molecule has 10 aromatic rings. The average molecular weight is 1690 g/mol. The second kappa shape index (κ2) is 35.5. The van der Waals surface area contributed by atoms with Crippen LogP contribution in [0.2, 0.25) is 0 Å². The minimum atomic E-state index is -4.16. The summed E-state index contributed by atoms with van der Waals surface area (Å²) in [7, 11) is 1.88. The van der Waals surface area contributed by atoms with Crippen LogP contribution in [-0.2, 0) is 0 Å². The molecule has 10 aliphatic rings. The maximum Gasteiger partial charge on any atom is 0.401 e. The number of halogens is 6. The van der Waals surface area contributed by atoms with E-state index in [2.05, 4.69) is 122 Å². The molecule has 624 valence electrons. The summed E-state index contributed by atoms with van der Waals surface area (Å²) in [5.41, 5.74) is 12.3. The lowest BCUT2D eigenvalue weighted by Gasteiger charge is -2.42. The minimum absolute atomic E-state index is 0.0114. The molecule has 5 fully saturated rings. The van der Waals surface area contributed by atoms with E-state index in [1.54, 1.807) is 40.8 Å². The number of amides is 5. The van der Waals surface area contributed by atoms with Gasteiger partial charge in [-0.25, -0.2) is 31.5 Å². The fourth-order valence-electron chi connectivity index (χ4n) is 19.4. The number of anilines is 5. The second-order valence-corrected chi connectivity index (χ2v) is 34.0. The van der Waals surface area contributed by atoms with Gasteiger partial charge in [-0.3, -0.25) is 33.7 Å². The molecular formula is C84H101BrF5N23O5. The summed E-state index contributed by atoms with van der Waals surface area (Å²) in [4.78, 5) is 115. The summed E-state index contributed by atoms with van der Waals surface area (Å²) >= 11 is 2.36. The number of aromatic amines is 5. The van der Waals surface area contributed by atoms with Gasteiger partial charge in [0.05, 0.1) is 96.0 Å². The number of aromatic nitrogens is 10. The van der Waals surface area contributed by atoms with Crippen molar-refractivity contribution in [1.82, 2.24) is 86.2 Å². The van der Waals surface area contributed by atoms with Gasteiger partial charge < -0.3 is 80.9 Å². The molecule has 0 aromatic carbocycles. The highest BCUT2D eigenvalue weighted by molar-refractivity contribution is 9.10. The average Bonchev–Trinajstić information content (AvgIpc) is 1.28. The predicted molar refractivity (Wildman–Crippen MR) is 447 cm³/mol. The minimum Gasteiger partial charge on any atom is -0.350 e. The first-order valence-corrected chi connectivity index (χ1v) is 42.4. The Labute approximate surface area is 687 Å². The molecule has 28 nitrogen and oxygen atoms in total. The molecule has 0 bridgehead atoms.